The molecule has 0 spiro atoms. The number of aromatic amines is 1. The minimum absolute atomic E-state index is 0.236. The van der Waals surface area contributed by atoms with Gasteiger partial charge in [-0.15, -0.1) is 0 Å². The molecule has 1 aromatic rings. The predicted octanol–water partition coefficient (Wildman–Crippen LogP) is -0.591. The van der Waals surface area contributed by atoms with Crippen molar-refractivity contribution in [1.82, 2.24) is 25.7 Å². The normalized spacial score (nSPS) is 17.6. The molecule has 0 aliphatic carbocycles. The van der Waals surface area contributed by atoms with Crippen LogP contribution in [0, 0.1) is 0 Å². The zero-order valence-electron chi connectivity index (χ0n) is 11.0. The van der Waals surface area contributed by atoms with Crippen molar-refractivity contribution in [3.63, 3.8) is 0 Å². The van der Waals surface area contributed by atoms with Crippen LogP contribution in [0.2, 0.25) is 0 Å². The van der Waals surface area contributed by atoms with E-state index in [1.807, 2.05) is 6.92 Å². The van der Waals surface area contributed by atoms with E-state index in [-0.39, 0.29) is 6.04 Å². The van der Waals surface area contributed by atoms with Crippen LogP contribution >= 0.6 is 0 Å². The van der Waals surface area contributed by atoms with Gasteiger partial charge in [-0.05, 0) is 19.9 Å². The summed E-state index contributed by atoms with van der Waals surface area (Å²) in [7, 11) is 0. The molecule has 7 nitrogen and oxygen atoms in total. The maximum absolute atomic E-state index is 12.0. The van der Waals surface area contributed by atoms with Crippen molar-refractivity contribution >= 4 is 11.8 Å². The molecular formula is C12H19N5O2. The Morgan fingerprint density at radius 1 is 1.42 bits per heavy atom. The van der Waals surface area contributed by atoms with E-state index in [1.165, 1.54) is 0 Å². The maximum atomic E-state index is 12.0. The lowest BCUT2D eigenvalue weighted by Gasteiger charge is -2.20. The number of hydrogen-bond donors (Lipinski definition) is 3. The Kier molecular flexibility index (Phi) is 4.51. The Morgan fingerprint density at radius 2 is 2.26 bits per heavy atom. The number of H-pyrrole nitrogens is 1. The van der Waals surface area contributed by atoms with Crippen LogP contribution in [-0.2, 0) is 9.59 Å². The highest BCUT2D eigenvalue weighted by molar-refractivity contribution is 6.35. The van der Waals surface area contributed by atoms with Crippen LogP contribution in [0.15, 0.2) is 12.4 Å². The first-order valence-corrected chi connectivity index (χ1v) is 6.47. The number of nitrogens with zero attached hydrogens (tertiary/aromatic N) is 2. The molecule has 1 unspecified atom stereocenters. The van der Waals surface area contributed by atoms with Gasteiger partial charge >= 0.3 is 11.8 Å². The summed E-state index contributed by atoms with van der Waals surface area (Å²) in [6.07, 6.45) is 4.20. The highest BCUT2D eigenvalue weighted by Crippen LogP contribution is 2.09. The number of rotatable bonds is 2. The van der Waals surface area contributed by atoms with Crippen LogP contribution < -0.4 is 10.6 Å². The van der Waals surface area contributed by atoms with E-state index >= 15 is 0 Å². The molecule has 3 N–H and O–H groups in total. The zero-order valence-corrected chi connectivity index (χ0v) is 11.0. The van der Waals surface area contributed by atoms with Gasteiger partial charge in [-0.2, -0.15) is 5.10 Å². The van der Waals surface area contributed by atoms with E-state index in [1.54, 1.807) is 17.3 Å². The van der Waals surface area contributed by atoms with Crippen LogP contribution in [0.25, 0.3) is 0 Å². The number of amides is 2. The summed E-state index contributed by atoms with van der Waals surface area (Å²) >= 11 is 0. The minimum Gasteiger partial charge on any atom is -0.341 e. The van der Waals surface area contributed by atoms with Crippen molar-refractivity contribution in [3.8, 4) is 0 Å². The highest BCUT2D eigenvalue weighted by Gasteiger charge is 2.24. The Hall–Kier alpha value is -1.89. The number of nitrogens with one attached hydrogen (secondary N) is 3. The average molecular weight is 265 g/mol. The van der Waals surface area contributed by atoms with E-state index in [0.29, 0.717) is 13.1 Å². The SMILES string of the molecule is CC(NC(=O)C(=O)N1CCCNCC1)c1cn[nH]c1. The molecule has 1 aliphatic rings. The molecule has 0 radical (unpaired) electrons. The van der Waals surface area contributed by atoms with Crippen molar-refractivity contribution in [1.29, 1.82) is 0 Å². The third-order valence-electron chi connectivity index (χ3n) is 3.19. The van der Waals surface area contributed by atoms with Crippen molar-refractivity contribution in [3.05, 3.63) is 18.0 Å². The van der Waals surface area contributed by atoms with Gasteiger partial charge in [0.15, 0.2) is 0 Å². The standard InChI is InChI=1S/C12H19N5O2/c1-9(10-7-14-15-8-10)16-11(18)12(19)17-5-2-3-13-4-6-17/h7-9,13H,2-6H2,1H3,(H,14,15)(H,16,18). The highest BCUT2D eigenvalue weighted by atomic mass is 16.2. The van der Waals surface area contributed by atoms with Gasteiger partial charge in [0.1, 0.15) is 0 Å². The smallest absolute Gasteiger partial charge is 0.311 e. The lowest BCUT2D eigenvalue weighted by Crippen LogP contribution is -2.45. The maximum Gasteiger partial charge on any atom is 0.311 e. The van der Waals surface area contributed by atoms with Gasteiger partial charge < -0.3 is 15.5 Å². The molecule has 19 heavy (non-hydrogen) atoms. The summed E-state index contributed by atoms with van der Waals surface area (Å²) < 4.78 is 0. The van der Waals surface area contributed by atoms with Gasteiger partial charge in [-0.1, -0.05) is 0 Å². The van der Waals surface area contributed by atoms with E-state index < -0.39 is 11.8 Å². The largest absolute Gasteiger partial charge is 0.341 e. The minimum atomic E-state index is -0.560. The summed E-state index contributed by atoms with van der Waals surface area (Å²) in [5, 5.41) is 12.4. The molecule has 0 aromatic carbocycles. The fraction of sp³-hybridized carbons (Fsp3) is 0.583. The fourth-order valence-electron chi connectivity index (χ4n) is 2.03. The van der Waals surface area contributed by atoms with Crippen LogP contribution in [0.4, 0.5) is 0 Å². The first kappa shape index (κ1) is 13.5. The second kappa shape index (κ2) is 6.33. The van der Waals surface area contributed by atoms with Gasteiger partial charge in [0.05, 0.1) is 12.2 Å². The van der Waals surface area contributed by atoms with Crippen molar-refractivity contribution in [2.75, 3.05) is 26.2 Å². The van der Waals surface area contributed by atoms with Gasteiger partial charge in [-0.3, -0.25) is 14.7 Å². The summed E-state index contributed by atoms with van der Waals surface area (Å²) in [5.41, 5.74) is 0.846. The van der Waals surface area contributed by atoms with Crippen molar-refractivity contribution in [2.24, 2.45) is 0 Å². The Balaban J connectivity index is 1.89. The second-order valence-corrected chi connectivity index (χ2v) is 4.62. The molecule has 2 heterocycles. The molecule has 1 atom stereocenters. The Bertz CT molecular complexity index is 423. The number of carbonyl (C=O) groups is 2. The topological polar surface area (TPSA) is 90.1 Å². The molecule has 7 heteroatoms. The van der Waals surface area contributed by atoms with Gasteiger partial charge in [0.2, 0.25) is 0 Å². The number of hydrogen-bond acceptors (Lipinski definition) is 4. The summed E-state index contributed by atoms with van der Waals surface area (Å²) in [6, 6.07) is -0.236. The molecule has 0 bridgehead atoms. The molecule has 2 amide bonds. The van der Waals surface area contributed by atoms with E-state index in [0.717, 1.165) is 25.1 Å². The lowest BCUT2D eigenvalue weighted by atomic mass is 10.2. The van der Waals surface area contributed by atoms with E-state index in [2.05, 4.69) is 20.8 Å². The molecule has 104 valence electrons. The number of carbonyl (C=O) groups excluding carboxylic acids is 2. The first-order chi connectivity index (χ1) is 9.18. The molecular weight excluding hydrogens is 246 g/mol. The van der Waals surface area contributed by atoms with Crippen molar-refractivity contribution in [2.45, 2.75) is 19.4 Å². The fourth-order valence-corrected chi connectivity index (χ4v) is 2.03. The summed E-state index contributed by atoms with van der Waals surface area (Å²) in [5.74, 6) is -1.02. The van der Waals surface area contributed by atoms with Crippen LogP contribution in [0.3, 0.4) is 0 Å². The molecule has 0 saturated carbocycles. The zero-order chi connectivity index (χ0) is 13.7. The van der Waals surface area contributed by atoms with Gasteiger partial charge in [-0.25, -0.2) is 0 Å². The third kappa shape index (κ3) is 3.54. The lowest BCUT2D eigenvalue weighted by molar-refractivity contribution is -0.146. The van der Waals surface area contributed by atoms with Crippen LogP contribution in [0.5, 0.6) is 0 Å². The van der Waals surface area contributed by atoms with Crippen LogP contribution in [0.1, 0.15) is 24.9 Å². The predicted molar refractivity (Wildman–Crippen MR) is 69.2 cm³/mol. The quantitative estimate of drug-likeness (QED) is 0.623. The summed E-state index contributed by atoms with van der Waals surface area (Å²) in [6.45, 7) is 4.64. The summed E-state index contributed by atoms with van der Waals surface area (Å²) in [4.78, 5) is 25.5. The van der Waals surface area contributed by atoms with E-state index in [4.69, 9.17) is 0 Å². The number of aromatic nitrogens is 2. The average Bonchev–Trinajstić information content (AvgIpc) is 2.81. The molecule has 1 aliphatic heterocycles. The Morgan fingerprint density at radius 3 is 3.00 bits per heavy atom. The molecule has 2 rings (SSSR count). The van der Waals surface area contributed by atoms with Gasteiger partial charge in [0, 0.05) is 31.4 Å². The first-order valence-electron chi connectivity index (χ1n) is 6.47. The van der Waals surface area contributed by atoms with Gasteiger partial charge in [0.25, 0.3) is 0 Å². The van der Waals surface area contributed by atoms with E-state index in [9.17, 15) is 9.59 Å². The van der Waals surface area contributed by atoms with Crippen LogP contribution in [-0.4, -0.2) is 53.1 Å². The molecule has 1 saturated heterocycles. The Labute approximate surface area is 111 Å². The monoisotopic (exact) mass is 265 g/mol. The molecule has 1 fully saturated rings. The van der Waals surface area contributed by atoms with Crippen molar-refractivity contribution < 1.29 is 9.59 Å². The second-order valence-electron chi connectivity index (χ2n) is 4.62. The molecule has 1 aromatic heterocycles. The third-order valence-corrected chi connectivity index (χ3v) is 3.19.